The number of alkyl halides is 2. The van der Waals surface area contributed by atoms with Gasteiger partial charge in [-0.3, -0.25) is 4.99 Å². The first-order chi connectivity index (χ1) is 8.16. The average molecular weight is 239 g/mol. The van der Waals surface area contributed by atoms with E-state index < -0.39 is 6.43 Å². The zero-order valence-corrected chi connectivity index (χ0v) is 9.66. The van der Waals surface area contributed by atoms with Gasteiger partial charge >= 0.3 is 0 Å². The first kappa shape index (κ1) is 11.8. The Hall–Kier alpha value is -1.65. The maximum atomic E-state index is 12.3. The van der Waals surface area contributed by atoms with Crippen LogP contribution in [0.2, 0.25) is 0 Å². The number of benzene rings is 1. The van der Waals surface area contributed by atoms with Gasteiger partial charge in [-0.15, -0.1) is 0 Å². The van der Waals surface area contributed by atoms with E-state index in [1.807, 2.05) is 11.9 Å². The third kappa shape index (κ3) is 2.93. The molecule has 0 saturated carbocycles. The van der Waals surface area contributed by atoms with E-state index in [0.717, 1.165) is 24.6 Å². The molecule has 5 heteroatoms. The van der Waals surface area contributed by atoms with Crippen LogP contribution in [0.4, 0.5) is 8.78 Å². The topological polar surface area (TPSA) is 27.6 Å². The minimum absolute atomic E-state index is 0.0593. The quantitative estimate of drug-likeness (QED) is 0.873. The van der Waals surface area contributed by atoms with Gasteiger partial charge in [0.2, 0.25) is 0 Å². The van der Waals surface area contributed by atoms with E-state index in [-0.39, 0.29) is 5.56 Å². The second-order valence-corrected chi connectivity index (χ2v) is 4.02. The predicted octanol–water partition coefficient (Wildman–Crippen LogP) is 2.02. The standard InChI is InChI=1S/C12H15F2N3/c1-17-7-6-15-12(17)16-8-9-2-4-10(5-3-9)11(13)14/h2-5,11H,6-8H2,1H3,(H,15,16). The Morgan fingerprint density at radius 1 is 1.35 bits per heavy atom. The zero-order chi connectivity index (χ0) is 12.3. The SMILES string of the molecule is CN1CCN=C1NCc1ccc(C(F)F)cc1. The third-order valence-electron chi connectivity index (χ3n) is 2.74. The van der Waals surface area contributed by atoms with Crippen LogP contribution >= 0.6 is 0 Å². The first-order valence-corrected chi connectivity index (χ1v) is 5.53. The largest absolute Gasteiger partial charge is 0.352 e. The summed E-state index contributed by atoms with van der Waals surface area (Å²) < 4.78 is 24.7. The molecule has 3 nitrogen and oxygen atoms in total. The molecule has 0 aromatic heterocycles. The average Bonchev–Trinajstić information content (AvgIpc) is 2.73. The molecule has 92 valence electrons. The summed E-state index contributed by atoms with van der Waals surface area (Å²) in [6.45, 7) is 2.34. The lowest BCUT2D eigenvalue weighted by atomic mass is 10.1. The third-order valence-corrected chi connectivity index (χ3v) is 2.74. The number of guanidine groups is 1. The van der Waals surface area contributed by atoms with Crippen LogP contribution in [-0.4, -0.2) is 31.0 Å². The van der Waals surface area contributed by atoms with Gasteiger partial charge in [-0.05, 0) is 5.56 Å². The molecule has 1 aromatic carbocycles. The summed E-state index contributed by atoms with van der Waals surface area (Å²) in [7, 11) is 1.97. The molecule has 0 radical (unpaired) electrons. The van der Waals surface area contributed by atoms with E-state index in [9.17, 15) is 8.78 Å². The molecular weight excluding hydrogens is 224 g/mol. The zero-order valence-electron chi connectivity index (χ0n) is 9.66. The number of likely N-dealkylation sites (N-methyl/N-ethyl adjacent to an activating group) is 1. The fraction of sp³-hybridized carbons (Fsp3) is 0.417. The van der Waals surface area contributed by atoms with Crippen LogP contribution in [0.5, 0.6) is 0 Å². The van der Waals surface area contributed by atoms with Crippen LogP contribution in [0, 0.1) is 0 Å². The molecule has 0 amide bonds. The van der Waals surface area contributed by atoms with Crippen LogP contribution in [0.3, 0.4) is 0 Å². The van der Waals surface area contributed by atoms with E-state index >= 15 is 0 Å². The smallest absolute Gasteiger partial charge is 0.263 e. The molecule has 0 saturated heterocycles. The number of hydrogen-bond acceptors (Lipinski definition) is 3. The van der Waals surface area contributed by atoms with Gasteiger partial charge in [-0.25, -0.2) is 8.78 Å². The van der Waals surface area contributed by atoms with Crippen molar-refractivity contribution in [2.24, 2.45) is 4.99 Å². The summed E-state index contributed by atoms with van der Waals surface area (Å²) >= 11 is 0. The molecule has 1 aliphatic rings. The number of rotatable bonds is 3. The summed E-state index contributed by atoms with van der Waals surface area (Å²) in [5.74, 6) is 0.864. The lowest BCUT2D eigenvalue weighted by molar-refractivity contribution is 0.151. The molecule has 1 heterocycles. The Kier molecular flexibility index (Phi) is 3.56. The summed E-state index contributed by atoms with van der Waals surface area (Å²) in [4.78, 5) is 6.32. The van der Waals surface area contributed by atoms with Gasteiger partial charge in [-0.2, -0.15) is 0 Å². The van der Waals surface area contributed by atoms with Crippen molar-refractivity contribution < 1.29 is 8.78 Å². The molecule has 0 spiro atoms. The molecule has 0 unspecified atom stereocenters. The Bertz CT molecular complexity index is 401. The minimum atomic E-state index is -2.40. The summed E-state index contributed by atoms with van der Waals surface area (Å²) in [5, 5.41) is 3.18. The van der Waals surface area contributed by atoms with Crippen LogP contribution in [0.25, 0.3) is 0 Å². The van der Waals surface area contributed by atoms with Crippen LogP contribution in [-0.2, 0) is 6.54 Å². The molecular formula is C12H15F2N3. The van der Waals surface area contributed by atoms with E-state index in [2.05, 4.69) is 10.3 Å². The van der Waals surface area contributed by atoms with Crippen molar-refractivity contribution in [3.05, 3.63) is 35.4 Å². The highest BCUT2D eigenvalue weighted by molar-refractivity contribution is 5.81. The van der Waals surface area contributed by atoms with Crippen molar-refractivity contribution in [3.8, 4) is 0 Å². The van der Waals surface area contributed by atoms with E-state index in [0.29, 0.717) is 6.54 Å². The van der Waals surface area contributed by atoms with Crippen molar-refractivity contribution in [2.75, 3.05) is 20.1 Å². The lowest BCUT2D eigenvalue weighted by Crippen LogP contribution is -2.35. The van der Waals surface area contributed by atoms with Gasteiger partial charge in [0.15, 0.2) is 5.96 Å². The number of aliphatic imine (C=N–C) groups is 1. The molecule has 17 heavy (non-hydrogen) atoms. The highest BCUT2D eigenvalue weighted by atomic mass is 19.3. The number of halogens is 2. The summed E-state index contributed by atoms with van der Waals surface area (Å²) in [6.07, 6.45) is -2.40. The molecule has 0 aliphatic carbocycles. The van der Waals surface area contributed by atoms with Gasteiger partial charge in [0.05, 0.1) is 6.54 Å². The van der Waals surface area contributed by atoms with E-state index in [4.69, 9.17) is 0 Å². The maximum Gasteiger partial charge on any atom is 0.263 e. The molecule has 1 N–H and O–H groups in total. The highest BCUT2D eigenvalue weighted by Gasteiger charge is 2.11. The normalized spacial score (nSPS) is 15.3. The Morgan fingerprint density at radius 2 is 2.06 bits per heavy atom. The van der Waals surface area contributed by atoms with E-state index in [1.165, 1.54) is 12.1 Å². The van der Waals surface area contributed by atoms with Crippen LogP contribution in [0.15, 0.2) is 29.3 Å². The number of nitrogens with one attached hydrogen (secondary N) is 1. The molecule has 2 rings (SSSR count). The Labute approximate surface area is 99.2 Å². The monoisotopic (exact) mass is 239 g/mol. The van der Waals surface area contributed by atoms with Gasteiger partial charge in [0.1, 0.15) is 0 Å². The van der Waals surface area contributed by atoms with E-state index in [1.54, 1.807) is 12.1 Å². The van der Waals surface area contributed by atoms with Crippen molar-refractivity contribution in [1.29, 1.82) is 0 Å². The maximum absolute atomic E-state index is 12.3. The molecule has 1 aromatic rings. The fourth-order valence-electron chi connectivity index (χ4n) is 1.69. The van der Waals surface area contributed by atoms with Crippen molar-refractivity contribution >= 4 is 5.96 Å². The Balaban J connectivity index is 1.91. The second kappa shape index (κ2) is 5.12. The van der Waals surface area contributed by atoms with Crippen LogP contribution < -0.4 is 5.32 Å². The Morgan fingerprint density at radius 3 is 2.59 bits per heavy atom. The predicted molar refractivity (Wildman–Crippen MR) is 63.2 cm³/mol. The van der Waals surface area contributed by atoms with Gasteiger partial charge in [0, 0.05) is 25.7 Å². The number of nitrogens with zero attached hydrogens (tertiary/aromatic N) is 2. The molecule has 0 fully saturated rings. The first-order valence-electron chi connectivity index (χ1n) is 5.53. The molecule has 0 bridgehead atoms. The van der Waals surface area contributed by atoms with Crippen molar-refractivity contribution in [1.82, 2.24) is 10.2 Å². The van der Waals surface area contributed by atoms with Crippen molar-refractivity contribution in [3.63, 3.8) is 0 Å². The highest BCUT2D eigenvalue weighted by Crippen LogP contribution is 2.18. The molecule has 0 atom stereocenters. The lowest BCUT2D eigenvalue weighted by Gasteiger charge is -2.15. The fourth-order valence-corrected chi connectivity index (χ4v) is 1.69. The van der Waals surface area contributed by atoms with Gasteiger partial charge < -0.3 is 10.2 Å². The molecule has 1 aliphatic heterocycles. The van der Waals surface area contributed by atoms with Gasteiger partial charge in [-0.1, -0.05) is 24.3 Å². The second-order valence-electron chi connectivity index (χ2n) is 4.02. The van der Waals surface area contributed by atoms with Crippen LogP contribution in [0.1, 0.15) is 17.6 Å². The minimum Gasteiger partial charge on any atom is -0.352 e. The summed E-state index contributed by atoms with van der Waals surface area (Å²) in [6, 6.07) is 6.34. The van der Waals surface area contributed by atoms with Gasteiger partial charge in [0.25, 0.3) is 6.43 Å². The summed E-state index contributed by atoms with van der Waals surface area (Å²) in [5.41, 5.74) is 1.03. The number of hydrogen-bond donors (Lipinski definition) is 1. The van der Waals surface area contributed by atoms with Crippen molar-refractivity contribution in [2.45, 2.75) is 13.0 Å².